The van der Waals surface area contributed by atoms with E-state index in [1.54, 1.807) is 13.2 Å². The first kappa shape index (κ1) is 14.6. The van der Waals surface area contributed by atoms with E-state index in [2.05, 4.69) is 42.2 Å². The van der Waals surface area contributed by atoms with Crippen molar-refractivity contribution in [3.8, 4) is 0 Å². The number of hydrogen-bond donors (Lipinski definition) is 1. The number of benzene rings is 1. The molecular weight excluding hydrogens is 382 g/mol. The third-order valence-electron chi connectivity index (χ3n) is 2.67. The zero-order valence-electron chi connectivity index (χ0n) is 9.92. The van der Waals surface area contributed by atoms with E-state index in [9.17, 15) is 8.78 Å². The van der Waals surface area contributed by atoms with E-state index >= 15 is 0 Å². The first-order valence-corrected chi connectivity index (χ1v) is 7.04. The molecule has 1 aromatic heterocycles. The first-order chi connectivity index (χ1) is 9.02. The number of halogens is 4. The number of pyridine rings is 1. The standard InChI is InChI=1S/C13H10Br2F2N2/c1-18-12(9-3-2-8(16)5-11(9)17)13-10(15)4-7(14)6-19-13/h2-6,12,18H,1H3. The molecule has 0 aliphatic rings. The minimum absolute atomic E-state index is 0.347. The molecule has 0 saturated heterocycles. The Hall–Kier alpha value is -0.850. The smallest absolute Gasteiger partial charge is 0.131 e. The lowest BCUT2D eigenvalue weighted by Crippen LogP contribution is -2.20. The van der Waals surface area contributed by atoms with Gasteiger partial charge in [-0.3, -0.25) is 4.98 Å². The second-order valence-corrected chi connectivity index (χ2v) is 5.68. The number of aromatic nitrogens is 1. The van der Waals surface area contributed by atoms with Crippen LogP contribution in [0.5, 0.6) is 0 Å². The van der Waals surface area contributed by atoms with E-state index in [-0.39, 0.29) is 0 Å². The Balaban J connectivity index is 2.50. The maximum Gasteiger partial charge on any atom is 0.131 e. The van der Waals surface area contributed by atoms with Crippen LogP contribution in [0.15, 0.2) is 39.4 Å². The van der Waals surface area contributed by atoms with E-state index in [1.807, 2.05) is 6.07 Å². The summed E-state index contributed by atoms with van der Waals surface area (Å²) >= 11 is 6.71. The van der Waals surface area contributed by atoms with Crippen molar-refractivity contribution < 1.29 is 8.78 Å². The van der Waals surface area contributed by atoms with Crippen LogP contribution in [0.1, 0.15) is 17.3 Å². The zero-order chi connectivity index (χ0) is 14.0. The Bertz CT molecular complexity index is 554. The van der Waals surface area contributed by atoms with E-state index in [1.165, 1.54) is 12.1 Å². The van der Waals surface area contributed by atoms with Crippen LogP contribution in [-0.2, 0) is 0 Å². The summed E-state index contributed by atoms with van der Waals surface area (Å²) in [6.07, 6.45) is 1.63. The molecule has 2 rings (SSSR count). The van der Waals surface area contributed by atoms with Crippen LogP contribution in [0.3, 0.4) is 0 Å². The predicted molar refractivity (Wildman–Crippen MR) is 76.9 cm³/mol. The fraction of sp³-hybridized carbons (Fsp3) is 0.154. The van der Waals surface area contributed by atoms with Crippen molar-refractivity contribution in [3.63, 3.8) is 0 Å². The molecule has 0 amide bonds. The first-order valence-electron chi connectivity index (χ1n) is 5.46. The summed E-state index contributed by atoms with van der Waals surface area (Å²) < 4.78 is 28.4. The van der Waals surface area contributed by atoms with Gasteiger partial charge < -0.3 is 5.32 Å². The summed E-state index contributed by atoms with van der Waals surface area (Å²) in [5.74, 6) is -1.20. The lowest BCUT2D eigenvalue weighted by atomic mass is 10.0. The summed E-state index contributed by atoms with van der Waals surface area (Å²) in [5, 5.41) is 2.98. The summed E-state index contributed by atoms with van der Waals surface area (Å²) in [5.41, 5.74) is 0.982. The van der Waals surface area contributed by atoms with Gasteiger partial charge in [0.1, 0.15) is 11.6 Å². The summed E-state index contributed by atoms with van der Waals surface area (Å²) in [6.45, 7) is 0. The average molecular weight is 392 g/mol. The van der Waals surface area contributed by atoms with Crippen LogP contribution in [-0.4, -0.2) is 12.0 Å². The van der Waals surface area contributed by atoms with Crippen molar-refractivity contribution in [2.45, 2.75) is 6.04 Å². The predicted octanol–water partition coefficient (Wildman–Crippen LogP) is 4.19. The van der Waals surface area contributed by atoms with E-state index in [0.717, 1.165) is 15.0 Å². The minimum atomic E-state index is -0.601. The van der Waals surface area contributed by atoms with Gasteiger partial charge in [-0.05, 0) is 51.0 Å². The second kappa shape index (κ2) is 6.07. The highest BCUT2D eigenvalue weighted by Gasteiger charge is 2.20. The topological polar surface area (TPSA) is 24.9 Å². The highest BCUT2D eigenvalue weighted by atomic mass is 79.9. The van der Waals surface area contributed by atoms with Crippen LogP contribution in [0.25, 0.3) is 0 Å². The molecular formula is C13H10Br2F2N2. The Morgan fingerprint density at radius 2 is 1.95 bits per heavy atom. The summed E-state index contributed by atoms with van der Waals surface area (Å²) in [7, 11) is 1.70. The molecule has 0 saturated carbocycles. The maximum absolute atomic E-state index is 13.9. The van der Waals surface area contributed by atoms with Gasteiger partial charge in [-0.15, -0.1) is 0 Å². The second-order valence-electron chi connectivity index (χ2n) is 3.91. The molecule has 6 heteroatoms. The SMILES string of the molecule is CNC(c1ccc(F)cc1F)c1ncc(Br)cc1Br. The van der Waals surface area contributed by atoms with Crippen molar-refractivity contribution in [3.05, 3.63) is 62.3 Å². The average Bonchev–Trinajstić information content (AvgIpc) is 2.34. The minimum Gasteiger partial charge on any atom is -0.308 e. The molecule has 0 bridgehead atoms. The lowest BCUT2D eigenvalue weighted by molar-refractivity contribution is 0.547. The highest BCUT2D eigenvalue weighted by Crippen LogP contribution is 2.30. The van der Waals surface area contributed by atoms with Gasteiger partial charge in [0, 0.05) is 26.8 Å². The fourth-order valence-electron chi connectivity index (χ4n) is 1.81. The number of rotatable bonds is 3. The van der Waals surface area contributed by atoms with E-state index in [0.29, 0.717) is 11.3 Å². The van der Waals surface area contributed by atoms with Crippen LogP contribution >= 0.6 is 31.9 Å². The number of nitrogens with one attached hydrogen (secondary N) is 1. The van der Waals surface area contributed by atoms with Gasteiger partial charge in [-0.25, -0.2) is 8.78 Å². The van der Waals surface area contributed by atoms with Crippen molar-refractivity contribution in [2.75, 3.05) is 7.05 Å². The van der Waals surface area contributed by atoms with Crippen LogP contribution in [0, 0.1) is 11.6 Å². The van der Waals surface area contributed by atoms with E-state index in [4.69, 9.17) is 0 Å². The van der Waals surface area contributed by atoms with Gasteiger partial charge >= 0.3 is 0 Å². The molecule has 1 N–H and O–H groups in total. The largest absolute Gasteiger partial charge is 0.308 e. The summed E-state index contributed by atoms with van der Waals surface area (Å²) in [6, 6.07) is 4.89. The van der Waals surface area contributed by atoms with Crippen molar-refractivity contribution in [1.29, 1.82) is 0 Å². The van der Waals surface area contributed by atoms with Gasteiger partial charge in [-0.1, -0.05) is 6.07 Å². The van der Waals surface area contributed by atoms with Gasteiger partial charge in [0.15, 0.2) is 0 Å². The Labute approximate surface area is 126 Å². The Morgan fingerprint density at radius 1 is 1.21 bits per heavy atom. The number of hydrogen-bond acceptors (Lipinski definition) is 2. The Kier molecular flexibility index (Phi) is 4.65. The maximum atomic E-state index is 13.9. The lowest BCUT2D eigenvalue weighted by Gasteiger charge is -2.18. The molecule has 2 nitrogen and oxygen atoms in total. The number of nitrogens with zero attached hydrogens (tertiary/aromatic N) is 1. The van der Waals surface area contributed by atoms with E-state index < -0.39 is 17.7 Å². The highest BCUT2D eigenvalue weighted by molar-refractivity contribution is 9.11. The third-order valence-corrected chi connectivity index (χ3v) is 3.74. The van der Waals surface area contributed by atoms with Crippen molar-refractivity contribution >= 4 is 31.9 Å². The fourth-order valence-corrected chi connectivity index (χ4v) is 3.03. The molecule has 0 aliphatic heterocycles. The van der Waals surface area contributed by atoms with Gasteiger partial charge in [-0.2, -0.15) is 0 Å². The van der Waals surface area contributed by atoms with Crippen LogP contribution < -0.4 is 5.32 Å². The van der Waals surface area contributed by atoms with Gasteiger partial charge in [0.2, 0.25) is 0 Å². The molecule has 0 radical (unpaired) electrons. The van der Waals surface area contributed by atoms with Crippen molar-refractivity contribution in [1.82, 2.24) is 10.3 Å². The zero-order valence-corrected chi connectivity index (χ0v) is 13.1. The molecule has 19 heavy (non-hydrogen) atoms. The molecule has 0 spiro atoms. The normalized spacial score (nSPS) is 12.5. The van der Waals surface area contributed by atoms with Crippen molar-refractivity contribution in [2.24, 2.45) is 0 Å². The Morgan fingerprint density at radius 3 is 2.53 bits per heavy atom. The van der Waals surface area contributed by atoms with Crippen LogP contribution in [0.4, 0.5) is 8.78 Å². The molecule has 1 aromatic carbocycles. The monoisotopic (exact) mass is 390 g/mol. The molecule has 1 unspecified atom stereocenters. The molecule has 1 heterocycles. The quantitative estimate of drug-likeness (QED) is 0.848. The van der Waals surface area contributed by atoms with Gasteiger partial charge in [0.05, 0.1) is 11.7 Å². The molecule has 2 aromatic rings. The molecule has 0 aliphatic carbocycles. The van der Waals surface area contributed by atoms with Crippen LogP contribution in [0.2, 0.25) is 0 Å². The third kappa shape index (κ3) is 3.19. The molecule has 100 valence electrons. The molecule has 0 fully saturated rings. The van der Waals surface area contributed by atoms with Gasteiger partial charge in [0.25, 0.3) is 0 Å². The molecule has 1 atom stereocenters. The summed E-state index contributed by atoms with van der Waals surface area (Å²) in [4.78, 5) is 4.27.